The zero-order valence-corrected chi connectivity index (χ0v) is 13.0. The van der Waals surface area contributed by atoms with Crippen LogP contribution in [0.2, 0.25) is 0 Å². The molecule has 0 spiro atoms. The van der Waals surface area contributed by atoms with E-state index in [1.807, 2.05) is 11.9 Å². The number of carboxylic acid groups (broad SMARTS) is 1. The van der Waals surface area contributed by atoms with Crippen molar-refractivity contribution in [3.8, 4) is 0 Å². The van der Waals surface area contributed by atoms with Crippen LogP contribution >= 0.6 is 0 Å². The molecule has 0 unspecified atom stereocenters. The summed E-state index contributed by atoms with van der Waals surface area (Å²) in [6, 6.07) is 0. The van der Waals surface area contributed by atoms with E-state index in [2.05, 4.69) is 9.80 Å². The van der Waals surface area contributed by atoms with Gasteiger partial charge in [-0.05, 0) is 45.8 Å². The fourth-order valence-electron chi connectivity index (χ4n) is 3.10. The molecule has 0 saturated carbocycles. The van der Waals surface area contributed by atoms with Gasteiger partial charge in [-0.1, -0.05) is 0 Å². The zero-order chi connectivity index (χ0) is 15.2. The van der Waals surface area contributed by atoms with E-state index in [1.54, 1.807) is 0 Å². The third-order valence-electron chi connectivity index (χ3n) is 4.60. The standard InChI is InChI=1S/C15H27N3O3/c1-16(10-11-17-6-2-3-7-17)12-14(19)18-8-4-13(5-9-18)15(20)21/h13H,2-12H2,1H3,(H,20,21). The lowest BCUT2D eigenvalue weighted by molar-refractivity contribution is -0.145. The van der Waals surface area contributed by atoms with Gasteiger partial charge in [0.05, 0.1) is 12.5 Å². The molecule has 21 heavy (non-hydrogen) atoms. The molecule has 2 aliphatic heterocycles. The van der Waals surface area contributed by atoms with E-state index >= 15 is 0 Å². The summed E-state index contributed by atoms with van der Waals surface area (Å²) in [5, 5.41) is 8.97. The predicted molar refractivity (Wildman–Crippen MR) is 80.1 cm³/mol. The second-order valence-electron chi connectivity index (χ2n) is 6.28. The quantitative estimate of drug-likeness (QED) is 0.766. The highest BCUT2D eigenvalue weighted by molar-refractivity contribution is 5.78. The zero-order valence-electron chi connectivity index (χ0n) is 13.0. The van der Waals surface area contributed by atoms with Crippen LogP contribution in [0.1, 0.15) is 25.7 Å². The Hall–Kier alpha value is -1.14. The highest BCUT2D eigenvalue weighted by atomic mass is 16.4. The van der Waals surface area contributed by atoms with Crippen LogP contribution in [-0.4, -0.2) is 84.5 Å². The summed E-state index contributed by atoms with van der Waals surface area (Å²) in [7, 11) is 1.98. The van der Waals surface area contributed by atoms with Crippen LogP contribution in [0.15, 0.2) is 0 Å². The molecule has 0 aromatic carbocycles. The van der Waals surface area contributed by atoms with Gasteiger partial charge in [0.15, 0.2) is 0 Å². The first-order chi connectivity index (χ1) is 10.1. The average Bonchev–Trinajstić information content (AvgIpc) is 2.98. The third kappa shape index (κ3) is 4.97. The van der Waals surface area contributed by atoms with Crippen LogP contribution < -0.4 is 0 Å². The number of aliphatic carboxylic acids is 1. The lowest BCUT2D eigenvalue weighted by atomic mass is 9.97. The fraction of sp³-hybridized carbons (Fsp3) is 0.867. The minimum Gasteiger partial charge on any atom is -0.481 e. The highest BCUT2D eigenvalue weighted by Gasteiger charge is 2.27. The molecule has 0 aromatic heterocycles. The van der Waals surface area contributed by atoms with Gasteiger partial charge in [0.25, 0.3) is 0 Å². The maximum Gasteiger partial charge on any atom is 0.306 e. The lowest BCUT2D eigenvalue weighted by Gasteiger charge is -2.31. The monoisotopic (exact) mass is 297 g/mol. The maximum absolute atomic E-state index is 12.2. The van der Waals surface area contributed by atoms with Crippen LogP contribution in [0.3, 0.4) is 0 Å². The number of piperidine rings is 1. The summed E-state index contributed by atoms with van der Waals surface area (Å²) in [6.07, 6.45) is 3.75. The molecule has 0 bridgehead atoms. The first kappa shape index (κ1) is 16.2. The van der Waals surface area contributed by atoms with Crippen molar-refractivity contribution in [3.05, 3.63) is 0 Å². The Kier molecular flexibility index (Phi) is 5.99. The number of rotatable bonds is 6. The molecule has 0 radical (unpaired) electrons. The molecule has 0 aromatic rings. The van der Waals surface area contributed by atoms with Crippen molar-refractivity contribution >= 4 is 11.9 Å². The number of carbonyl (C=O) groups is 2. The van der Waals surface area contributed by atoms with Gasteiger partial charge in [0, 0.05) is 26.2 Å². The van der Waals surface area contributed by atoms with Crippen molar-refractivity contribution in [2.24, 2.45) is 5.92 Å². The third-order valence-corrected chi connectivity index (χ3v) is 4.60. The maximum atomic E-state index is 12.2. The molecule has 2 saturated heterocycles. The van der Waals surface area contributed by atoms with E-state index in [0.29, 0.717) is 32.5 Å². The first-order valence-electron chi connectivity index (χ1n) is 7.97. The summed E-state index contributed by atoms with van der Waals surface area (Å²) in [5.74, 6) is -0.880. The molecule has 1 amide bonds. The van der Waals surface area contributed by atoms with Crippen LogP contribution in [-0.2, 0) is 9.59 Å². The van der Waals surface area contributed by atoms with Crippen molar-refractivity contribution in [2.45, 2.75) is 25.7 Å². The number of carbonyl (C=O) groups excluding carboxylic acids is 1. The Morgan fingerprint density at radius 3 is 2.33 bits per heavy atom. The van der Waals surface area contributed by atoms with Gasteiger partial charge in [-0.15, -0.1) is 0 Å². The Bertz CT molecular complexity index is 361. The molecule has 2 fully saturated rings. The molecule has 120 valence electrons. The molecule has 0 atom stereocenters. The fourth-order valence-corrected chi connectivity index (χ4v) is 3.10. The number of likely N-dealkylation sites (tertiary alicyclic amines) is 2. The summed E-state index contributed by atoms with van der Waals surface area (Å²) >= 11 is 0. The first-order valence-corrected chi connectivity index (χ1v) is 7.97. The van der Waals surface area contributed by atoms with E-state index in [4.69, 9.17) is 5.11 Å². The topological polar surface area (TPSA) is 64.1 Å². The minimum absolute atomic E-state index is 0.128. The number of carboxylic acids is 1. The minimum atomic E-state index is -0.732. The second-order valence-corrected chi connectivity index (χ2v) is 6.28. The Morgan fingerprint density at radius 1 is 1.14 bits per heavy atom. The summed E-state index contributed by atoms with van der Waals surface area (Å²) in [5.41, 5.74) is 0. The van der Waals surface area contributed by atoms with E-state index in [9.17, 15) is 9.59 Å². The number of nitrogens with zero attached hydrogens (tertiary/aromatic N) is 3. The van der Waals surface area contributed by atoms with Crippen molar-refractivity contribution in [1.29, 1.82) is 0 Å². The van der Waals surface area contributed by atoms with Gasteiger partial charge in [-0.2, -0.15) is 0 Å². The average molecular weight is 297 g/mol. The molecule has 0 aliphatic carbocycles. The summed E-state index contributed by atoms with van der Waals surface area (Å²) < 4.78 is 0. The van der Waals surface area contributed by atoms with Gasteiger partial charge in [-0.25, -0.2) is 0 Å². The van der Waals surface area contributed by atoms with Crippen LogP contribution in [0.25, 0.3) is 0 Å². The predicted octanol–water partition coefficient (Wildman–Crippen LogP) is 0.337. The van der Waals surface area contributed by atoms with Gasteiger partial charge in [0.2, 0.25) is 5.91 Å². The van der Waals surface area contributed by atoms with Gasteiger partial charge < -0.3 is 14.9 Å². The normalized spacial score (nSPS) is 21.1. The number of amides is 1. The van der Waals surface area contributed by atoms with Crippen molar-refractivity contribution in [2.75, 3.05) is 52.9 Å². The lowest BCUT2D eigenvalue weighted by Crippen LogP contribution is -2.45. The van der Waals surface area contributed by atoms with Gasteiger partial charge >= 0.3 is 5.97 Å². The SMILES string of the molecule is CN(CCN1CCCC1)CC(=O)N1CCC(C(=O)O)CC1. The van der Waals surface area contributed by atoms with Crippen LogP contribution in [0.5, 0.6) is 0 Å². The van der Waals surface area contributed by atoms with Crippen molar-refractivity contribution < 1.29 is 14.7 Å². The molecule has 2 rings (SSSR count). The summed E-state index contributed by atoms with van der Waals surface area (Å²) in [4.78, 5) is 29.4. The molecule has 6 heteroatoms. The second kappa shape index (κ2) is 7.75. The molecule has 6 nitrogen and oxygen atoms in total. The van der Waals surface area contributed by atoms with Gasteiger partial charge in [0.1, 0.15) is 0 Å². The molecule has 1 N–H and O–H groups in total. The largest absolute Gasteiger partial charge is 0.481 e. The highest BCUT2D eigenvalue weighted by Crippen LogP contribution is 2.17. The molecule has 2 heterocycles. The molecular weight excluding hydrogens is 270 g/mol. The Morgan fingerprint density at radius 2 is 1.76 bits per heavy atom. The van der Waals surface area contributed by atoms with Crippen molar-refractivity contribution in [3.63, 3.8) is 0 Å². The van der Waals surface area contributed by atoms with E-state index in [0.717, 1.165) is 13.1 Å². The van der Waals surface area contributed by atoms with Crippen LogP contribution in [0, 0.1) is 5.92 Å². The van der Waals surface area contributed by atoms with Gasteiger partial charge in [-0.3, -0.25) is 14.5 Å². The Labute approximate surface area is 126 Å². The number of hydrogen-bond acceptors (Lipinski definition) is 4. The van der Waals surface area contributed by atoms with E-state index in [-0.39, 0.29) is 11.8 Å². The Balaban J connectivity index is 1.65. The van der Waals surface area contributed by atoms with Crippen LogP contribution in [0.4, 0.5) is 0 Å². The molecule has 2 aliphatic rings. The van der Waals surface area contributed by atoms with E-state index < -0.39 is 5.97 Å². The van der Waals surface area contributed by atoms with E-state index in [1.165, 1.54) is 25.9 Å². The van der Waals surface area contributed by atoms with Crippen molar-refractivity contribution in [1.82, 2.24) is 14.7 Å². The smallest absolute Gasteiger partial charge is 0.306 e. The molecular formula is C15H27N3O3. The number of hydrogen-bond donors (Lipinski definition) is 1. The summed E-state index contributed by atoms with van der Waals surface area (Å²) in [6.45, 7) is 5.91. The number of likely N-dealkylation sites (N-methyl/N-ethyl adjacent to an activating group) is 1.